The number of benzene rings is 2. The van der Waals surface area contributed by atoms with Crippen LogP contribution in [0.25, 0.3) is 0 Å². The average molecular weight is 529 g/mol. The maximum absolute atomic E-state index is 14.2. The van der Waals surface area contributed by atoms with Crippen molar-refractivity contribution in [2.75, 3.05) is 11.4 Å². The molecule has 2 aromatic carbocycles. The van der Waals surface area contributed by atoms with Gasteiger partial charge in [-0.3, -0.25) is 28.9 Å². The van der Waals surface area contributed by atoms with Crippen molar-refractivity contribution in [1.82, 2.24) is 4.90 Å². The highest BCUT2D eigenvalue weighted by Crippen LogP contribution is 2.63. The largest absolute Gasteiger partial charge is 0.508 e. The number of rotatable bonds is 5. The number of carbonyl (C=O) groups excluding carboxylic acids is 4. The quantitative estimate of drug-likeness (QED) is 0.450. The molecule has 0 bridgehead atoms. The van der Waals surface area contributed by atoms with E-state index < -0.39 is 46.9 Å². The molecule has 200 valence electrons. The summed E-state index contributed by atoms with van der Waals surface area (Å²) in [5.41, 5.74) is 0.773. The van der Waals surface area contributed by atoms with E-state index in [0.29, 0.717) is 11.3 Å². The van der Waals surface area contributed by atoms with E-state index in [1.807, 2.05) is 12.1 Å². The number of phenolic OH excluding ortho intramolecular Hbond substituents is 1. The van der Waals surface area contributed by atoms with Crippen LogP contribution in [0.5, 0.6) is 5.75 Å². The number of fused-ring (bicyclic) bond motifs is 4. The summed E-state index contributed by atoms with van der Waals surface area (Å²) in [5.74, 6) is -5.77. The van der Waals surface area contributed by atoms with Gasteiger partial charge in [-0.1, -0.05) is 42.0 Å². The van der Waals surface area contributed by atoms with Crippen molar-refractivity contribution in [3.63, 3.8) is 0 Å². The average Bonchev–Trinajstić information content (AvgIpc) is 3.27. The lowest BCUT2D eigenvalue weighted by atomic mass is 9.51. The number of aliphatic carboxylic acids is 1. The van der Waals surface area contributed by atoms with Gasteiger partial charge in [0.1, 0.15) is 5.75 Å². The van der Waals surface area contributed by atoms with Gasteiger partial charge in [-0.05, 0) is 55.5 Å². The third-order valence-electron chi connectivity index (χ3n) is 9.13. The second-order valence-electron chi connectivity index (χ2n) is 11.1. The van der Waals surface area contributed by atoms with Gasteiger partial charge >= 0.3 is 5.97 Å². The number of anilines is 1. The summed E-state index contributed by atoms with van der Waals surface area (Å²) in [4.78, 5) is 68.4. The first kappa shape index (κ1) is 25.0. The minimum Gasteiger partial charge on any atom is -0.508 e. The predicted molar refractivity (Wildman–Crippen MR) is 138 cm³/mol. The number of hydrogen-bond acceptors (Lipinski definition) is 6. The van der Waals surface area contributed by atoms with Crippen LogP contribution >= 0.6 is 0 Å². The number of allylic oxidation sites excluding steroid dienone is 2. The van der Waals surface area contributed by atoms with E-state index in [4.69, 9.17) is 5.11 Å². The molecular formula is C30H28N2O7. The zero-order valence-electron chi connectivity index (χ0n) is 21.3. The van der Waals surface area contributed by atoms with E-state index in [2.05, 4.69) is 0 Å². The summed E-state index contributed by atoms with van der Waals surface area (Å²) in [6.07, 6.45) is 2.09. The number of carboxylic acid groups (broad SMARTS) is 1. The molecule has 2 heterocycles. The van der Waals surface area contributed by atoms with Gasteiger partial charge in [0.05, 0.1) is 35.3 Å². The molecular weight excluding hydrogens is 500 g/mol. The van der Waals surface area contributed by atoms with Gasteiger partial charge in [-0.15, -0.1) is 0 Å². The molecule has 9 heteroatoms. The zero-order valence-corrected chi connectivity index (χ0v) is 21.3. The molecule has 0 aromatic heterocycles. The SMILES string of the molecule is C[C@@]12C(=O)N(c3ccccc3)C(=O)[C@@H]1C[C@@H]1C(=CC[C@@H]3C(=O)N(CCC(=O)O)C(=O)[C@@H]31)[C@@H]2c1cccc(O)c1. The van der Waals surface area contributed by atoms with Crippen molar-refractivity contribution in [1.29, 1.82) is 0 Å². The standard InChI is InChI=1S/C30H28N2O7/c1-30-22(27(37)32(29(30)39)17-7-3-2-4-8-17)15-21-19(25(30)16-6-5-9-18(33)14-16)10-11-20-24(21)28(38)31(26(20)36)13-12-23(34)35/h2-10,14,20-22,24-25,33H,11-13,15H2,1H3,(H,34,35)/t20-,21+,22-,24-,25-,30+/m0/s1. The second kappa shape index (κ2) is 8.90. The highest BCUT2D eigenvalue weighted by molar-refractivity contribution is 6.24. The van der Waals surface area contributed by atoms with E-state index >= 15 is 0 Å². The van der Waals surface area contributed by atoms with E-state index in [9.17, 15) is 29.1 Å². The zero-order chi connectivity index (χ0) is 27.6. The minimum absolute atomic E-state index is 0.0210. The van der Waals surface area contributed by atoms with Crippen molar-refractivity contribution >= 4 is 35.3 Å². The van der Waals surface area contributed by atoms with Crippen LogP contribution in [0.15, 0.2) is 66.2 Å². The van der Waals surface area contributed by atoms with Gasteiger partial charge in [-0.25, -0.2) is 4.90 Å². The number of carboxylic acids is 1. The molecule has 2 aliphatic heterocycles. The van der Waals surface area contributed by atoms with Crippen LogP contribution in [-0.2, 0) is 24.0 Å². The molecule has 0 radical (unpaired) electrons. The first-order valence-corrected chi connectivity index (χ1v) is 13.1. The fourth-order valence-electron chi connectivity index (χ4n) is 7.42. The van der Waals surface area contributed by atoms with Gasteiger partial charge < -0.3 is 10.2 Å². The number of nitrogens with zero attached hydrogens (tertiary/aromatic N) is 2. The Morgan fingerprint density at radius 1 is 0.974 bits per heavy atom. The molecule has 2 aromatic rings. The third-order valence-corrected chi connectivity index (χ3v) is 9.13. The third kappa shape index (κ3) is 3.56. The topological polar surface area (TPSA) is 132 Å². The summed E-state index contributed by atoms with van der Waals surface area (Å²) in [6.45, 7) is 1.60. The number of likely N-dealkylation sites (tertiary alicyclic amines) is 1. The van der Waals surface area contributed by atoms with Crippen molar-refractivity contribution in [2.45, 2.75) is 32.1 Å². The van der Waals surface area contributed by atoms with E-state index in [1.165, 1.54) is 11.0 Å². The molecule has 6 rings (SSSR count). The summed E-state index contributed by atoms with van der Waals surface area (Å²) >= 11 is 0. The van der Waals surface area contributed by atoms with Crippen LogP contribution in [0.4, 0.5) is 5.69 Å². The fraction of sp³-hybridized carbons (Fsp3) is 0.367. The van der Waals surface area contributed by atoms with E-state index in [1.54, 1.807) is 49.4 Å². The number of hydrogen-bond donors (Lipinski definition) is 2. The Hall–Kier alpha value is -4.27. The lowest BCUT2D eigenvalue weighted by Crippen LogP contribution is -2.48. The number of amides is 4. The summed E-state index contributed by atoms with van der Waals surface area (Å²) < 4.78 is 0. The summed E-state index contributed by atoms with van der Waals surface area (Å²) in [5, 5.41) is 19.5. The number of carbonyl (C=O) groups is 5. The molecule has 0 spiro atoms. The molecule has 4 amide bonds. The van der Waals surface area contributed by atoms with Crippen LogP contribution in [0.3, 0.4) is 0 Å². The molecule has 39 heavy (non-hydrogen) atoms. The summed E-state index contributed by atoms with van der Waals surface area (Å²) in [7, 11) is 0. The minimum atomic E-state index is -1.18. The molecule has 0 unspecified atom stereocenters. The Balaban J connectivity index is 1.47. The fourth-order valence-corrected chi connectivity index (χ4v) is 7.42. The van der Waals surface area contributed by atoms with Crippen molar-refractivity contribution in [3.8, 4) is 5.75 Å². The molecule has 4 aliphatic rings. The molecule has 2 N–H and O–H groups in total. The van der Waals surface area contributed by atoms with Gasteiger partial charge in [0, 0.05) is 12.5 Å². The Bertz CT molecular complexity index is 1450. The first-order chi connectivity index (χ1) is 18.6. The van der Waals surface area contributed by atoms with Gasteiger partial charge in [-0.2, -0.15) is 0 Å². The predicted octanol–water partition coefficient (Wildman–Crippen LogP) is 3.10. The van der Waals surface area contributed by atoms with Crippen LogP contribution in [0, 0.1) is 29.1 Å². The number of imide groups is 2. The smallest absolute Gasteiger partial charge is 0.305 e. The van der Waals surface area contributed by atoms with Crippen LogP contribution < -0.4 is 4.90 Å². The first-order valence-electron chi connectivity index (χ1n) is 13.1. The normalized spacial score (nSPS) is 31.6. The Morgan fingerprint density at radius 2 is 1.72 bits per heavy atom. The Labute approximate surface area is 224 Å². The number of aromatic hydroxyl groups is 1. The second-order valence-corrected chi connectivity index (χ2v) is 11.1. The van der Waals surface area contributed by atoms with Crippen LogP contribution in [0.1, 0.15) is 37.7 Å². The molecule has 2 aliphatic carbocycles. The molecule has 1 saturated carbocycles. The lowest BCUT2D eigenvalue weighted by Gasteiger charge is -2.49. The summed E-state index contributed by atoms with van der Waals surface area (Å²) in [6, 6.07) is 15.4. The highest BCUT2D eigenvalue weighted by atomic mass is 16.4. The van der Waals surface area contributed by atoms with Crippen molar-refractivity contribution < 1.29 is 34.2 Å². The van der Waals surface area contributed by atoms with Crippen molar-refractivity contribution in [3.05, 3.63) is 71.8 Å². The Kier molecular flexibility index (Phi) is 5.71. The molecule has 9 nitrogen and oxygen atoms in total. The van der Waals surface area contributed by atoms with Gasteiger partial charge in [0.2, 0.25) is 23.6 Å². The maximum atomic E-state index is 14.2. The van der Waals surface area contributed by atoms with Crippen molar-refractivity contribution in [2.24, 2.45) is 29.1 Å². The van der Waals surface area contributed by atoms with E-state index in [-0.39, 0.29) is 49.3 Å². The molecule has 3 fully saturated rings. The molecule has 2 saturated heterocycles. The van der Waals surface area contributed by atoms with Gasteiger partial charge in [0.25, 0.3) is 0 Å². The monoisotopic (exact) mass is 528 g/mol. The highest BCUT2D eigenvalue weighted by Gasteiger charge is 2.67. The van der Waals surface area contributed by atoms with Gasteiger partial charge in [0.15, 0.2) is 0 Å². The molecule has 6 atom stereocenters. The Morgan fingerprint density at radius 3 is 2.41 bits per heavy atom. The maximum Gasteiger partial charge on any atom is 0.305 e. The van der Waals surface area contributed by atoms with E-state index in [0.717, 1.165) is 10.5 Å². The lowest BCUT2D eigenvalue weighted by molar-refractivity contribution is -0.142. The number of para-hydroxylation sites is 1. The number of phenols is 1. The van der Waals surface area contributed by atoms with Crippen LogP contribution in [0.2, 0.25) is 0 Å². The van der Waals surface area contributed by atoms with Crippen LogP contribution in [-0.4, -0.2) is 51.3 Å².